The van der Waals surface area contributed by atoms with Crippen LogP contribution in [0.1, 0.15) is 20.3 Å². The monoisotopic (exact) mass is 200 g/mol. The van der Waals surface area contributed by atoms with E-state index in [2.05, 4.69) is 0 Å². The molecule has 0 heterocycles. The van der Waals surface area contributed by atoms with Gasteiger partial charge in [-0.05, 0) is 0 Å². The maximum atomic E-state index is 11.1. The van der Waals surface area contributed by atoms with Gasteiger partial charge in [-0.2, -0.15) is 0 Å². The maximum absolute atomic E-state index is 11.1. The van der Waals surface area contributed by atoms with Crippen molar-refractivity contribution in [3.05, 3.63) is 11.6 Å². The van der Waals surface area contributed by atoms with Crippen LogP contribution in [0.15, 0.2) is 11.6 Å². The van der Waals surface area contributed by atoms with E-state index >= 15 is 0 Å². The Morgan fingerprint density at radius 2 is 1.71 bits per heavy atom. The van der Waals surface area contributed by atoms with Crippen LogP contribution in [0, 0.1) is 5.92 Å². The normalized spacial score (nSPS) is 11.5. The molecule has 0 aliphatic heterocycles. The molecule has 0 saturated carbocycles. The third-order valence-corrected chi connectivity index (χ3v) is 1.58. The second-order valence-electron chi connectivity index (χ2n) is 3.11. The van der Waals surface area contributed by atoms with E-state index in [1.54, 1.807) is 13.8 Å². The van der Waals surface area contributed by atoms with Gasteiger partial charge in [0.1, 0.15) is 5.78 Å². The smallest absolute Gasteiger partial charge is 0.332 e. The lowest BCUT2D eigenvalue weighted by molar-refractivity contribution is -0.136. The first-order chi connectivity index (χ1) is 6.34. The van der Waals surface area contributed by atoms with E-state index in [-0.39, 0.29) is 18.1 Å². The molecule has 0 amide bonds. The second kappa shape index (κ2) is 5.16. The summed E-state index contributed by atoms with van der Waals surface area (Å²) in [5, 5.41) is 16.9. The maximum Gasteiger partial charge on any atom is 0.332 e. The summed E-state index contributed by atoms with van der Waals surface area (Å²) in [6, 6.07) is 0. The summed E-state index contributed by atoms with van der Waals surface area (Å²) in [4.78, 5) is 31.9. The van der Waals surface area contributed by atoms with Crippen molar-refractivity contribution in [2.75, 3.05) is 0 Å². The van der Waals surface area contributed by atoms with Gasteiger partial charge in [0.25, 0.3) is 0 Å². The lowest BCUT2D eigenvalue weighted by Crippen LogP contribution is -2.13. The number of aliphatic carboxylic acids is 2. The van der Waals surface area contributed by atoms with Gasteiger partial charge in [-0.15, -0.1) is 0 Å². The fourth-order valence-electron chi connectivity index (χ4n) is 0.729. The SMILES string of the molecule is CC(C)C(=O)CC(=CC(=O)O)C(=O)O. The third kappa shape index (κ3) is 4.39. The highest BCUT2D eigenvalue weighted by molar-refractivity contribution is 5.99. The molecule has 0 aromatic heterocycles. The molecule has 0 aromatic rings. The molecule has 0 saturated heterocycles. The first kappa shape index (κ1) is 12.3. The van der Waals surface area contributed by atoms with Crippen molar-refractivity contribution in [1.82, 2.24) is 0 Å². The summed E-state index contributed by atoms with van der Waals surface area (Å²) in [6.45, 7) is 3.26. The summed E-state index contributed by atoms with van der Waals surface area (Å²) in [5.74, 6) is -3.33. The molecule has 14 heavy (non-hydrogen) atoms. The van der Waals surface area contributed by atoms with E-state index < -0.39 is 17.5 Å². The van der Waals surface area contributed by atoms with Gasteiger partial charge >= 0.3 is 11.9 Å². The Morgan fingerprint density at radius 3 is 2.00 bits per heavy atom. The van der Waals surface area contributed by atoms with Gasteiger partial charge in [0.05, 0.1) is 5.57 Å². The second-order valence-corrected chi connectivity index (χ2v) is 3.11. The highest BCUT2D eigenvalue weighted by Crippen LogP contribution is 2.08. The standard InChI is InChI=1S/C9H12O5/c1-5(2)7(10)3-6(9(13)14)4-8(11)12/h4-5H,3H2,1-2H3,(H,11,12)(H,13,14). The van der Waals surface area contributed by atoms with E-state index in [1.807, 2.05) is 0 Å². The van der Waals surface area contributed by atoms with Gasteiger partial charge in [0, 0.05) is 18.4 Å². The number of rotatable bonds is 5. The topological polar surface area (TPSA) is 91.7 Å². The fraction of sp³-hybridized carbons (Fsp3) is 0.444. The molecule has 5 heteroatoms. The highest BCUT2D eigenvalue weighted by Gasteiger charge is 2.16. The van der Waals surface area contributed by atoms with Gasteiger partial charge < -0.3 is 10.2 Å². The molecule has 0 rings (SSSR count). The largest absolute Gasteiger partial charge is 0.478 e. The Balaban J connectivity index is 4.64. The Morgan fingerprint density at radius 1 is 1.21 bits per heavy atom. The fourth-order valence-corrected chi connectivity index (χ4v) is 0.729. The van der Waals surface area contributed by atoms with Crippen LogP contribution >= 0.6 is 0 Å². The molecule has 0 unspecified atom stereocenters. The summed E-state index contributed by atoms with van der Waals surface area (Å²) in [5.41, 5.74) is -0.392. The number of ketones is 1. The van der Waals surface area contributed by atoms with Crippen LogP contribution in [0.2, 0.25) is 0 Å². The van der Waals surface area contributed by atoms with Gasteiger partial charge in [0.15, 0.2) is 0 Å². The lowest BCUT2D eigenvalue weighted by atomic mass is 10.0. The molecule has 78 valence electrons. The highest BCUT2D eigenvalue weighted by atomic mass is 16.4. The summed E-state index contributed by atoms with van der Waals surface area (Å²) >= 11 is 0. The van der Waals surface area contributed by atoms with Crippen molar-refractivity contribution in [2.24, 2.45) is 5.92 Å². The molecule has 5 nitrogen and oxygen atoms in total. The molecular formula is C9H12O5. The molecular weight excluding hydrogens is 188 g/mol. The number of carbonyl (C=O) groups is 3. The molecule has 0 aliphatic carbocycles. The van der Waals surface area contributed by atoms with Gasteiger partial charge in [-0.25, -0.2) is 9.59 Å². The van der Waals surface area contributed by atoms with Crippen molar-refractivity contribution < 1.29 is 24.6 Å². The molecule has 0 aliphatic rings. The van der Waals surface area contributed by atoms with Crippen molar-refractivity contribution in [3.63, 3.8) is 0 Å². The van der Waals surface area contributed by atoms with Crippen molar-refractivity contribution in [2.45, 2.75) is 20.3 Å². The van der Waals surface area contributed by atoms with Gasteiger partial charge in [-0.3, -0.25) is 4.79 Å². The number of Topliss-reactive ketones (excluding diaryl/α,β-unsaturated/α-hetero) is 1. The lowest BCUT2D eigenvalue weighted by Gasteiger charge is -2.03. The number of hydrogen-bond acceptors (Lipinski definition) is 3. The van der Waals surface area contributed by atoms with E-state index in [9.17, 15) is 14.4 Å². The van der Waals surface area contributed by atoms with Crippen LogP contribution in [0.3, 0.4) is 0 Å². The van der Waals surface area contributed by atoms with Gasteiger partial charge in [0.2, 0.25) is 0 Å². The zero-order valence-corrected chi connectivity index (χ0v) is 7.98. The Hall–Kier alpha value is -1.65. The Labute approximate surface area is 81.0 Å². The molecule has 0 atom stereocenters. The summed E-state index contributed by atoms with van der Waals surface area (Å²) in [6.07, 6.45) is 0.196. The number of hydrogen-bond donors (Lipinski definition) is 2. The number of carbonyl (C=O) groups excluding carboxylic acids is 1. The van der Waals surface area contributed by atoms with E-state index in [4.69, 9.17) is 10.2 Å². The van der Waals surface area contributed by atoms with Crippen molar-refractivity contribution in [3.8, 4) is 0 Å². The first-order valence-corrected chi connectivity index (χ1v) is 4.04. The van der Waals surface area contributed by atoms with Crippen LogP contribution in [-0.4, -0.2) is 27.9 Å². The minimum Gasteiger partial charge on any atom is -0.478 e. The summed E-state index contributed by atoms with van der Waals surface area (Å²) < 4.78 is 0. The molecule has 0 bridgehead atoms. The zero-order valence-electron chi connectivity index (χ0n) is 7.98. The molecule has 0 radical (unpaired) electrons. The van der Waals surface area contributed by atoms with Crippen LogP contribution in [0.4, 0.5) is 0 Å². The molecule has 0 aromatic carbocycles. The van der Waals surface area contributed by atoms with Gasteiger partial charge in [-0.1, -0.05) is 13.8 Å². The quantitative estimate of drug-likeness (QED) is 0.637. The first-order valence-electron chi connectivity index (χ1n) is 4.04. The average Bonchev–Trinajstić information content (AvgIpc) is 2.01. The van der Waals surface area contributed by atoms with E-state index in [0.29, 0.717) is 6.08 Å². The van der Waals surface area contributed by atoms with E-state index in [1.165, 1.54) is 0 Å². The van der Waals surface area contributed by atoms with Crippen molar-refractivity contribution >= 4 is 17.7 Å². The molecule has 2 N–H and O–H groups in total. The molecule has 0 spiro atoms. The van der Waals surface area contributed by atoms with Crippen LogP contribution < -0.4 is 0 Å². The number of carboxylic acids is 2. The van der Waals surface area contributed by atoms with E-state index in [0.717, 1.165) is 0 Å². The zero-order chi connectivity index (χ0) is 11.3. The third-order valence-electron chi connectivity index (χ3n) is 1.58. The predicted octanol–water partition coefficient (Wildman–Crippen LogP) is 0.697. The number of carboxylic acid groups (broad SMARTS) is 2. The van der Waals surface area contributed by atoms with Crippen LogP contribution in [-0.2, 0) is 14.4 Å². The van der Waals surface area contributed by atoms with Crippen LogP contribution in [0.5, 0.6) is 0 Å². The van der Waals surface area contributed by atoms with Crippen LogP contribution in [0.25, 0.3) is 0 Å². The average molecular weight is 200 g/mol. The summed E-state index contributed by atoms with van der Waals surface area (Å²) in [7, 11) is 0. The van der Waals surface area contributed by atoms with Crippen molar-refractivity contribution in [1.29, 1.82) is 0 Å². The minimum atomic E-state index is -1.37. The minimum absolute atomic E-state index is 0.292. The predicted molar refractivity (Wildman–Crippen MR) is 47.8 cm³/mol. The Kier molecular flexibility index (Phi) is 4.55. The molecule has 0 fully saturated rings. The Bertz CT molecular complexity index is 288.